The quantitative estimate of drug-likeness (QED) is 0.407. The Morgan fingerprint density at radius 1 is 1.21 bits per heavy atom. The maximum Gasteiger partial charge on any atom is 1.00 e. The van der Waals surface area contributed by atoms with E-state index in [2.05, 4.69) is 0 Å². The van der Waals surface area contributed by atoms with E-state index in [9.17, 15) is 5.11 Å². The van der Waals surface area contributed by atoms with Crippen LogP contribution < -0.4 is 12.4 Å². The van der Waals surface area contributed by atoms with Crippen molar-refractivity contribution in [1.29, 1.82) is 0 Å². The second-order valence-electron chi connectivity index (χ2n) is 5.02. The van der Waals surface area contributed by atoms with Gasteiger partial charge < -0.3 is 41.2 Å². The van der Waals surface area contributed by atoms with Crippen molar-refractivity contribution in [2.24, 2.45) is 0 Å². The van der Waals surface area contributed by atoms with Gasteiger partial charge in [-0.2, -0.15) is 0 Å². The average molecular weight is 481 g/mol. The molecule has 0 unspecified atom stereocenters. The Kier molecular flexibility index (Phi) is 6.07. The Morgan fingerprint density at radius 2 is 1.89 bits per heavy atom. The molecule has 0 aromatic rings. The van der Waals surface area contributed by atoms with E-state index in [1.54, 1.807) is 20.8 Å². The van der Waals surface area contributed by atoms with Crippen molar-refractivity contribution in [2.45, 2.75) is 57.3 Å². The summed E-state index contributed by atoms with van der Waals surface area (Å²) in [6.45, 7) is 5.71. The first-order valence-electron chi connectivity index (χ1n) is 5.78. The normalized spacial score (nSPS) is 44.5. The first-order valence-corrected chi connectivity index (χ1v) is 5.78. The van der Waals surface area contributed by atoms with Crippen molar-refractivity contribution in [3.05, 3.63) is 6.29 Å². The molecule has 8 heteroatoms. The van der Waals surface area contributed by atoms with Gasteiger partial charge in [0.2, 0.25) is 6.29 Å². The number of hydrogen-bond donors (Lipinski definition) is 1. The largest absolute Gasteiger partial charge is 1.00 e. The molecule has 0 aromatic carbocycles. The number of ether oxygens (including phenoxy) is 5. The standard InChI is InChI=1S/C11H17O6.ClH.Hg/c1-5-13-4-6(14-5)8-7(12)9-10(15-8)17-11(2,3)16-9;;/h6-10,12H,4H2,1-3H3;1H;/q;;+1/p-1/t6-,7+,8-,9-,10-;;/m1../s1. The molecule has 5 atom stereocenters. The summed E-state index contributed by atoms with van der Waals surface area (Å²) in [7, 11) is 0. The fraction of sp³-hybridized carbons (Fsp3) is 0.909. The van der Waals surface area contributed by atoms with E-state index in [1.807, 2.05) is 0 Å². The zero-order valence-corrected chi connectivity index (χ0v) is 17.4. The minimum atomic E-state index is -0.763. The van der Waals surface area contributed by atoms with E-state index in [1.165, 1.54) is 0 Å². The molecule has 106 valence electrons. The van der Waals surface area contributed by atoms with Crippen molar-refractivity contribution >= 4 is 0 Å². The van der Waals surface area contributed by atoms with Crippen molar-refractivity contribution < 1.29 is 68.9 Å². The van der Waals surface area contributed by atoms with Crippen LogP contribution in [0, 0.1) is 6.29 Å². The molecule has 0 aromatic heterocycles. The van der Waals surface area contributed by atoms with Gasteiger partial charge >= 0.3 is 27.7 Å². The molecule has 3 saturated heterocycles. The molecule has 19 heavy (non-hydrogen) atoms. The number of fused-ring (bicyclic) bond motifs is 1. The summed E-state index contributed by atoms with van der Waals surface area (Å²) in [5.41, 5.74) is 0. The van der Waals surface area contributed by atoms with Crippen LogP contribution in [0.15, 0.2) is 0 Å². The van der Waals surface area contributed by atoms with E-state index in [0.717, 1.165) is 0 Å². The molecular formula is C11H17ClHgO6. The molecule has 0 aliphatic carbocycles. The number of aliphatic hydroxyl groups excluding tert-OH is 1. The number of rotatable bonds is 1. The monoisotopic (exact) mass is 482 g/mol. The van der Waals surface area contributed by atoms with Gasteiger partial charge in [-0.25, -0.2) is 0 Å². The predicted octanol–water partition coefficient (Wildman–Crippen LogP) is -2.85. The Hall–Kier alpha value is 0.985. The van der Waals surface area contributed by atoms with Gasteiger partial charge in [-0.1, -0.05) is 0 Å². The Labute approximate surface area is 139 Å². The van der Waals surface area contributed by atoms with E-state index in [-0.39, 0.29) is 46.2 Å². The third kappa shape index (κ3) is 3.43. The second kappa shape index (κ2) is 6.40. The third-order valence-electron chi connectivity index (χ3n) is 3.19. The average Bonchev–Trinajstić information content (AvgIpc) is 2.83. The zero-order valence-electron chi connectivity index (χ0n) is 11.2. The molecule has 3 aliphatic heterocycles. The molecule has 3 heterocycles. The maximum atomic E-state index is 10.2. The van der Waals surface area contributed by atoms with Crippen LogP contribution in [0.5, 0.6) is 0 Å². The molecule has 0 spiro atoms. The summed E-state index contributed by atoms with van der Waals surface area (Å²) in [6, 6.07) is 0. The van der Waals surface area contributed by atoms with Gasteiger partial charge in [0.05, 0.1) is 6.61 Å². The van der Waals surface area contributed by atoms with Crippen molar-refractivity contribution in [1.82, 2.24) is 0 Å². The summed E-state index contributed by atoms with van der Waals surface area (Å²) in [5, 5.41) is 10.2. The zero-order chi connectivity index (χ0) is 12.2. The first-order chi connectivity index (χ1) is 7.96. The Morgan fingerprint density at radius 3 is 2.42 bits per heavy atom. The summed E-state index contributed by atoms with van der Waals surface area (Å²) in [5.74, 6) is -0.712. The van der Waals surface area contributed by atoms with E-state index in [4.69, 9.17) is 23.7 Å². The molecule has 0 bridgehead atoms. The second-order valence-corrected chi connectivity index (χ2v) is 5.02. The molecule has 0 saturated carbocycles. The Bertz CT molecular complexity index is 318. The van der Waals surface area contributed by atoms with Crippen LogP contribution in [-0.2, 0) is 51.4 Å². The fourth-order valence-electron chi connectivity index (χ4n) is 2.47. The van der Waals surface area contributed by atoms with Crippen LogP contribution in [0.3, 0.4) is 0 Å². The van der Waals surface area contributed by atoms with Crippen LogP contribution in [0.25, 0.3) is 0 Å². The molecule has 1 N–H and O–H groups in total. The van der Waals surface area contributed by atoms with Gasteiger partial charge in [0.25, 0.3) is 0 Å². The minimum absolute atomic E-state index is 0. The van der Waals surface area contributed by atoms with Gasteiger partial charge in [0.15, 0.2) is 12.1 Å². The SMILES string of the molecule is C[C]1OC[C@H]([C@H]2O[C@@H]3OC(C)(C)O[C@@H]3[C@H]2O)O1.[Cl-].[Hg+]. The molecular weight excluding hydrogens is 464 g/mol. The van der Waals surface area contributed by atoms with Crippen LogP contribution in [0.4, 0.5) is 0 Å². The molecule has 3 aliphatic rings. The number of halogens is 1. The predicted molar refractivity (Wildman–Crippen MR) is 54.4 cm³/mol. The summed E-state index contributed by atoms with van der Waals surface area (Å²) in [6.07, 6.45) is -2.02. The van der Waals surface area contributed by atoms with Crippen LogP contribution in [0.2, 0.25) is 0 Å². The molecule has 2 radical (unpaired) electrons. The van der Waals surface area contributed by atoms with Gasteiger partial charge in [0, 0.05) is 0 Å². The van der Waals surface area contributed by atoms with Crippen molar-refractivity contribution in [3.8, 4) is 0 Å². The van der Waals surface area contributed by atoms with Crippen LogP contribution in [-0.4, -0.2) is 48.2 Å². The third-order valence-corrected chi connectivity index (χ3v) is 3.19. The van der Waals surface area contributed by atoms with Gasteiger partial charge in [-0.15, -0.1) is 0 Å². The van der Waals surface area contributed by atoms with E-state index in [0.29, 0.717) is 12.9 Å². The van der Waals surface area contributed by atoms with Crippen molar-refractivity contribution in [2.75, 3.05) is 6.61 Å². The maximum absolute atomic E-state index is 10.2. The smallest absolute Gasteiger partial charge is 1.00 e. The number of aliphatic hydroxyl groups is 1. The van der Waals surface area contributed by atoms with Crippen LogP contribution in [0.1, 0.15) is 20.8 Å². The summed E-state index contributed by atoms with van der Waals surface area (Å²) in [4.78, 5) is 0. The van der Waals surface area contributed by atoms with E-state index >= 15 is 0 Å². The fourth-order valence-corrected chi connectivity index (χ4v) is 2.47. The number of hydrogen-bond acceptors (Lipinski definition) is 6. The van der Waals surface area contributed by atoms with Gasteiger partial charge in [-0.3, -0.25) is 0 Å². The van der Waals surface area contributed by atoms with Crippen molar-refractivity contribution in [3.63, 3.8) is 0 Å². The molecule has 3 fully saturated rings. The van der Waals surface area contributed by atoms with E-state index < -0.39 is 30.4 Å². The van der Waals surface area contributed by atoms with Gasteiger partial charge in [-0.05, 0) is 20.8 Å². The molecule has 0 amide bonds. The minimum Gasteiger partial charge on any atom is -1.00 e. The molecule has 6 nitrogen and oxygen atoms in total. The Balaban J connectivity index is 0.000000902. The summed E-state index contributed by atoms with van der Waals surface area (Å²) < 4.78 is 27.4. The molecule has 3 rings (SSSR count). The first kappa shape index (κ1) is 18.0. The summed E-state index contributed by atoms with van der Waals surface area (Å²) >= 11 is 0. The van der Waals surface area contributed by atoms with Crippen LogP contribution >= 0.6 is 0 Å². The topological polar surface area (TPSA) is 66.4 Å². The van der Waals surface area contributed by atoms with Gasteiger partial charge in [0.1, 0.15) is 24.4 Å².